The fraction of sp³-hybridized carbons (Fsp3) is 0.647. The number of rotatable bonds is 5. The van der Waals surface area contributed by atoms with E-state index < -0.39 is 0 Å². The molecule has 0 spiro atoms. The molecule has 1 saturated carbocycles. The number of hydrogen-bond donors (Lipinski definition) is 1. The maximum atomic E-state index is 3.78. The minimum absolute atomic E-state index is 0.724. The molecular weight excluding hydrogens is 298 g/mol. The van der Waals surface area contributed by atoms with Gasteiger partial charge in [-0.2, -0.15) is 0 Å². The van der Waals surface area contributed by atoms with Crippen LogP contribution in [0.2, 0.25) is 0 Å². The van der Waals surface area contributed by atoms with Crippen molar-refractivity contribution >= 4 is 15.9 Å². The zero-order valence-electron chi connectivity index (χ0n) is 12.0. The molecular formula is C17H26BrN. The second kappa shape index (κ2) is 8.06. The largest absolute Gasteiger partial charge is 0.314 e. The smallest absolute Gasteiger partial charge is 0.0177 e. The van der Waals surface area contributed by atoms with Crippen molar-refractivity contribution in [1.82, 2.24) is 5.32 Å². The van der Waals surface area contributed by atoms with Crippen molar-refractivity contribution in [2.75, 3.05) is 6.54 Å². The van der Waals surface area contributed by atoms with Gasteiger partial charge in [-0.25, -0.2) is 0 Å². The maximum Gasteiger partial charge on any atom is 0.0177 e. The predicted molar refractivity (Wildman–Crippen MR) is 86.5 cm³/mol. The van der Waals surface area contributed by atoms with Crippen LogP contribution in [0.4, 0.5) is 0 Å². The molecule has 1 aliphatic rings. The topological polar surface area (TPSA) is 12.0 Å². The van der Waals surface area contributed by atoms with Crippen LogP contribution in [0.5, 0.6) is 0 Å². The molecule has 0 saturated heterocycles. The fourth-order valence-electron chi connectivity index (χ4n) is 3.19. The van der Waals surface area contributed by atoms with Gasteiger partial charge in [0.1, 0.15) is 0 Å². The summed E-state index contributed by atoms with van der Waals surface area (Å²) in [6.07, 6.45) is 9.42. The Morgan fingerprint density at radius 3 is 2.84 bits per heavy atom. The van der Waals surface area contributed by atoms with Gasteiger partial charge in [-0.15, -0.1) is 0 Å². The highest BCUT2D eigenvalue weighted by Gasteiger charge is 2.23. The first-order valence-electron chi connectivity index (χ1n) is 7.77. The van der Waals surface area contributed by atoms with Crippen molar-refractivity contribution in [1.29, 1.82) is 0 Å². The van der Waals surface area contributed by atoms with E-state index >= 15 is 0 Å². The molecule has 2 rings (SSSR count). The highest BCUT2D eigenvalue weighted by Crippen LogP contribution is 2.27. The average Bonchev–Trinajstić information content (AvgIpc) is 2.62. The molecule has 1 nitrogen and oxygen atoms in total. The zero-order chi connectivity index (χ0) is 13.5. The third-order valence-corrected chi connectivity index (χ3v) is 4.70. The van der Waals surface area contributed by atoms with Gasteiger partial charge in [0, 0.05) is 10.5 Å². The van der Waals surface area contributed by atoms with E-state index in [1.165, 1.54) is 61.5 Å². The third-order valence-electron chi connectivity index (χ3n) is 4.20. The SMILES string of the molecule is CCCNC1CCCCCC1Cc1cccc(Br)c1. The summed E-state index contributed by atoms with van der Waals surface area (Å²) in [5.74, 6) is 0.809. The van der Waals surface area contributed by atoms with E-state index in [0.29, 0.717) is 0 Å². The van der Waals surface area contributed by atoms with Crippen LogP contribution in [0.1, 0.15) is 51.0 Å². The van der Waals surface area contributed by atoms with Gasteiger partial charge < -0.3 is 5.32 Å². The summed E-state index contributed by atoms with van der Waals surface area (Å²) in [6.45, 7) is 3.42. The van der Waals surface area contributed by atoms with Gasteiger partial charge in [-0.05, 0) is 55.8 Å². The van der Waals surface area contributed by atoms with Gasteiger partial charge in [0.2, 0.25) is 0 Å². The van der Waals surface area contributed by atoms with E-state index in [1.54, 1.807) is 0 Å². The average molecular weight is 324 g/mol. The van der Waals surface area contributed by atoms with Crippen molar-refractivity contribution in [2.24, 2.45) is 5.92 Å². The molecule has 0 bridgehead atoms. The lowest BCUT2D eigenvalue weighted by atomic mass is 9.88. The van der Waals surface area contributed by atoms with Gasteiger partial charge in [0.05, 0.1) is 0 Å². The lowest BCUT2D eigenvalue weighted by Crippen LogP contribution is -2.37. The summed E-state index contributed by atoms with van der Waals surface area (Å²) in [7, 11) is 0. The first kappa shape index (κ1) is 15.1. The molecule has 1 aromatic carbocycles. The van der Waals surface area contributed by atoms with Crippen molar-refractivity contribution in [2.45, 2.75) is 57.9 Å². The molecule has 19 heavy (non-hydrogen) atoms. The summed E-state index contributed by atoms with van der Waals surface area (Å²) in [6, 6.07) is 9.55. The maximum absolute atomic E-state index is 3.78. The van der Waals surface area contributed by atoms with Crippen LogP contribution in [0.25, 0.3) is 0 Å². The summed E-state index contributed by atoms with van der Waals surface area (Å²) < 4.78 is 1.21. The Kier molecular flexibility index (Phi) is 6.39. The van der Waals surface area contributed by atoms with Crippen molar-refractivity contribution in [3.05, 3.63) is 34.3 Å². The lowest BCUT2D eigenvalue weighted by molar-refractivity contribution is 0.332. The first-order chi connectivity index (χ1) is 9.29. The molecule has 0 amide bonds. The van der Waals surface area contributed by atoms with Crippen molar-refractivity contribution in [3.63, 3.8) is 0 Å². The zero-order valence-corrected chi connectivity index (χ0v) is 13.6. The van der Waals surface area contributed by atoms with Crippen LogP contribution in [0, 0.1) is 5.92 Å². The molecule has 2 atom stereocenters. The van der Waals surface area contributed by atoms with Crippen molar-refractivity contribution in [3.8, 4) is 0 Å². The van der Waals surface area contributed by atoms with Gasteiger partial charge in [-0.1, -0.05) is 54.2 Å². The summed E-state index contributed by atoms with van der Waals surface area (Å²) >= 11 is 3.58. The van der Waals surface area contributed by atoms with E-state index in [9.17, 15) is 0 Å². The number of hydrogen-bond acceptors (Lipinski definition) is 1. The Labute approximate surface area is 126 Å². The summed E-state index contributed by atoms with van der Waals surface area (Å²) in [4.78, 5) is 0. The normalized spacial score (nSPS) is 24.1. The Hall–Kier alpha value is -0.340. The van der Waals surface area contributed by atoms with Crippen LogP contribution in [0.15, 0.2) is 28.7 Å². The van der Waals surface area contributed by atoms with E-state index in [4.69, 9.17) is 0 Å². The van der Waals surface area contributed by atoms with Crippen molar-refractivity contribution < 1.29 is 0 Å². The van der Waals surface area contributed by atoms with Crippen LogP contribution in [-0.2, 0) is 6.42 Å². The fourth-order valence-corrected chi connectivity index (χ4v) is 3.64. The van der Waals surface area contributed by atoms with Crippen LogP contribution < -0.4 is 5.32 Å². The Bertz CT molecular complexity index is 377. The molecule has 1 aromatic rings. The molecule has 0 aromatic heterocycles. The Morgan fingerprint density at radius 2 is 2.05 bits per heavy atom. The molecule has 106 valence electrons. The third kappa shape index (κ3) is 4.92. The van der Waals surface area contributed by atoms with Gasteiger partial charge in [0.15, 0.2) is 0 Å². The first-order valence-corrected chi connectivity index (χ1v) is 8.56. The van der Waals surface area contributed by atoms with E-state index in [-0.39, 0.29) is 0 Å². The van der Waals surface area contributed by atoms with E-state index in [1.807, 2.05) is 0 Å². The van der Waals surface area contributed by atoms with E-state index in [2.05, 4.69) is 52.4 Å². The standard InChI is InChI=1S/C17H26BrN/c1-2-11-19-17-10-5-3-4-8-15(17)12-14-7-6-9-16(18)13-14/h6-7,9,13,15,17,19H,2-5,8,10-12H2,1H3. The van der Waals surface area contributed by atoms with Gasteiger partial charge >= 0.3 is 0 Å². The second-order valence-corrected chi connectivity index (χ2v) is 6.71. The monoisotopic (exact) mass is 323 g/mol. The number of nitrogens with one attached hydrogen (secondary N) is 1. The Morgan fingerprint density at radius 1 is 1.21 bits per heavy atom. The summed E-state index contributed by atoms with van der Waals surface area (Å²) in [5, 5.41) is 3.78. The Balaban J connectivity index is 2.00. The molecule has 0 heterocycles. The van der Waals surface area contributed by atoms with Crippen LogP contribution in [-0.4, -0.2) is 12.6 Å². The minimum Gasteiger partial charge on any atom is -0.314 e. The molecule has 2 heteroatoms. The van der Waals surface area contributed by atoms with E-state index in [0.717, 1.165) is 12.0 Å². The number of benzene rings is 1. The van der Waals surface area contributed by atoms with Gasteiger partial charge in [0.25, 0.3) is 0 Å². The molecule has 1 N–H and O–H groups in total. The highest BCUT2D eigenvalue weighted by molar-refractivity contribution is 9.10. The summed E-state index contributed by atoms with van der Waals surface area (Å²) in [5.41, 5.74) is 1.48. The lowest BCUT2D eigenvalue weighted by Gasteiger charge is -2.26. The van der Waals surface area contributed by atoms with Crippen LogP contribution >= 0.6 is 15.9 Å². The van der Waals surface area contributed by atoms with Gasteiger partial charge in [-0.3, -0.25) is 0 Å². The minimum atomic E-state index is 0.724. The molecule has 1 aliphatic carbocycles. The molecule has 2 unspecified atom stereocenters. The quantitative estimate of drug-likeness (QED) is 0.757. The predicted octanol–water partition coefficient (Wildman–Crippen LogP) is 4.94. The van der Waals surface area contributed by atoms with Crippen LogP contribution in [0.3, 0.4) is 0 Å². The molecule has 0 radical (unpaired) electrons. The molecule has 0 aliphatic heterocycles. The number of halogens is 1. The second-order valence-electron chi connectivity index (χ2n) is 5.79. The highest BCUT2D eigenvalue weighted by atomic mass is 79.9. The molecule has 1 fully saturated rings.